The number of rotatable bonds is 1. The molecule has 0 aliphatic heterocycles. The summed E-state index contributed by atoms with van der Waals surface area (Å²) in [6.07, 6.45) is 0. The molecule has 2 nitrogen and oxygen atoms in total. The van der Waals surface area contributed by atoms with Gasteiger partial charge in [0.05, 0.1) is 0 Å². The molecule has 0 spiro atoms. The average molecular weight is 208 g/mol. The summed E-state index contributed by atoms with van der Waals surface area (Å²) >= 11 is 0. The molecule has 82 valence electrons. The van der Waals surface area contributed by atoms with Crippen LogP contribution in [0, 0.1) is 16.6 Å². The van der Waals surface area contributed by atoms with E-state index in [1.54, 1.807) is 17.0 Å². The molecule has 0 aromatic heterocycles. The first-order valence-corrected chi connectivity index (χ1v) is 4.90. The lowest BCUT2D eigenvalue weighted by Crippen LogP contribution is -2.36. The van der Waals surface area contributed by atoms with Crippen LogP contribution in [0.4, 0.5) is 10.1 Å². The zero-order chi connectivity index (χ0) is 11.6. The summed E-state index contributed by atoms with van der Waals surface area (Å²) in [6.45, 7) is 5.94. The fourth-order valence-electron chi connectivity index (χ4n) is 1.30. The van der Waals surface area contributed by atoms with Gasteiger partial charge in [0.2, 0.25) is 0 Å². The van der Waals surface area contributed by atoms with Crippen LogP contribution in [0.2, 0.25) is 0 Å². The highest BCUT2D eigenvalue weighted by molar-refractivity contribution is 5.98. The molecule has 1 aromatic carbocycles. The molecule has 0 aliphatic carbocycles. The Morgan fingerprint density at radius 2 is 1.67 bits per heavy atom. The molecule has 1 N–H and O–H groups in total. The Balaban J connectivity index is 2.90. The van der Waals surface area contributed by atoms with Crippen LogP contribution in [0.25, 0.3) is 0 Å². The zero-order valence-corrected chi connectivity index (χ0v) is 9.63. The van der Waals surface area contributed by atoms with Crippen molar-refractivity contribution in [1.29, 1.82) is 5.41 Å². The summed E-state index contributed by atoms with van der Waals surface area (Å²) in [4.78, 5) is 1.76. The highest BCUT2D eigenvalue weighted by Crippen LogP contribution is 2.22. The molecule has 0 amide bonds. The van der Waals surface area contributed by atoms with E-state index in [0.717, 1.165) is 5.69 Å². The van der Waals surface area contributed by atoms with Crippen molar-refractivity contribution in [2.24, 2.45) is 5.41 Å². The molecule has 0 heterocycles. The Labute approximate surface area is 90.2 Å². The Hall–Kier alpha value is -1.38. The van der Waals surface area contributed by atoms with Crippen LogP contribution < -0.4 is 4.90 Å². The van der Waals surface area contributed by atoms with Crippen LogP contribution in [-0.4, -0.2) is 12.9 Å². The summed E-state index contributed by atoms with van der Waals surface area (Å²) in [6, 6.07) is 6.16. The Kier molecular flexibility index (Phi) is 3.12. The maximum Gasteiger partial charge on any atom is 0.123 e. The van der Waals surface area contributed by atoms with Crippen molar-refractivity contribution in [3.05, 3.63) is 30.1 Å². The second kappa shape index (κ2) is 4.01. The first kappa shape index (κ1) is 11.7. The Morgan fingerprint density at radius 1 is 1.20 bits per heavy atom. The molecule has 0 atom stereocenters. The summed E-state index contributed by atoms with van der Waals surface area (Å²) < 4.78 is 12.7. The van der Waals surface area contributed by atoms with Crippen molar-refractivity contribution in [2.75, 3.05) is 11.9 Å². The largest absolute Gasteiger partial charge is 0.333 e. The van der Waals surface area contributed by atoms with E-state index in [4.69, 9.17) is 5.41 Å². The molecule has 0 unspecified atom stereocenters. The minimum Gasteiger partial charge on any atom is -0.333 e. The molecule has 1 rings (SSSR count). The smallest absolute Gasteiger partial charge is 0.123 e. The number of hydrogen-bond donors (Lipinski definition) is 1. The van der Waals surface area contributed by atoms with Gasteiger partial charge >= 0.3 is 0 Å². The van der Waals surface area contributed by atoms with Crippen LogP contribution in [0.1, 0.15) is 20.8 Å². The molecule has 0 bridgehead atoms. The van der Waals surface area contributed by atoms with Crippen LogP contribution in [-0.2, 0) is 0 Å². The number of nitrogens with one attached hydrogen (secondary N) is 1. The molecule has 0 aliphatic rings. The van der Waals surface area contributed by atoms with Gasteiger partial charge in [-0.05, 0) is 24.3 Å². The normalized spacial score (nSPS) is 11.3. The zero-order valence-electron chi connectivity index (χ0n) is 9.63. The van der Waals surface area contributed by atoms with Crippen molar-refractivity contribution >= 4 is 11.5 Å². The van der Waals surface area contributed by atoms with E-state index in [0.29, 0.717) is 5.84 Å². The van der Waals surface area contributed by atoms with E-state index in [-0.39, 0.29) is 11.2 Å². The van der Waals surface area contributed by atoms with E-state index in [1.165, 1.54) is 12.1 Å². The van der Waals surface area contributed by atoms with Crippen LogP contribution in [0.3, 0.4) is 0 Å². The highest BCUT2D eigenvalue weighted by Gasteiger charge is 2.21. The van der Waals surface area contributed by atoms with Crippen LogP contribution >= 0.6 is 0 Å². The molecule has 0 radical (unpaired) electrons. The number of amidine groups is 1. The van der Waals surface area contributed by atoms with Crippen molar-refractivity contribution in [3.63, 3.8) is 0 Å². The molecule has 15 heavy (non-hydrogen) atoms. The van der Waals surface area contributed by atoms with Crippen LogP contribution in [0.15, 0.2) is 24.3 Å². The third-order valence-corrected chi connectivity index (χ3v) is 2.26. The van der Waals surface area contributed by atoms with Crippen molar-refractivity contribution < 1.29 is 4.39 Å². The SMILES string of the molecule is CN(C(=N)C(C)(C)C)c1ccc(F)cc1. The standard InChI is InChI=1S/C12H17FN2/c1-12(2,3)11(14)15(4)10-7-5-9(13)6-8-10/h5-8,14H,1-4H3. The molecule has 1 aromatic rings. The monoisotopic (exact) mass is 208 g/mol. The van der Waals surface area contributed by atoms with E-state index in [1.807, 2.05) is 27.8 Å². The van der Waals surface area contributed by atoms with Gasteiger partial charge in [0, 0.05) is 18.2 Å². The molecule has 3 heteroatoms. The first-order chi connectivity index (χ1) is 6.82. The number of benzene rings is 1. The van der Waals surface area contributed by atoms with Crippen molar-refractivity contribution in [1.82, 2.24) is 0 Å². The number of anilines is 1. The van der Waals surface area contributed by atoms with Gasteiger partial charge in [-0.15, -0.1) is 0 Å². The summed E-state index contributed by atoms with van der Waals surface area (Å²) in [5.41, 5.74) is 0.625. The number of hydrogen-bond acceptors (Lipinski definition) is 1. The van der Waals surface area contributed by atoms with E-state index in [2.05, 4.69) is 0 Å². The predicted molar refractivity (Wildman–Crippen MR) is 62.0 cm³/mol. The summed E-state index contributed by atoms with van der Waals surface area (Å²) in [5, 5.41) is 7.97. The number of halogens is 1. The lowest BCUT2D eigenvalue weighted by molar-refractivity contribution is 0.576. The van der Waals surface area contributed by atoms with E-state index >= 15 is 0 Å². The minimum absolute atomic E-state index is 0.205. The molecular formula is C12H17FN2. The van der Waals surface area contributed by atoms with Crippen molar-refractivity contribution in [2.45, 2.75) is 20.8 Å². The molecule has 0 saturated heterocycles. The van der Waals surface area contributed by atoms with Gasteiger partial charge in [0.1, 0.15) is 11.7 Å². The summed E-state index contributed by atoms with van der Waals surface area (Å²) in [7, 11) is 1.82. The van der Waals surface area contributed by atoms with Gasteiger partial charge in [0.15, 0.2) is 0 Å². The minimum atomic E-state index is -0.255. The van der Waals surface area contributed by atoms with Gasteiger partial charge < -0.3 is 4.90 Å². The average Bonchev–Trinajstić information content (AvgIpc) is 2.15. The van der Waals surface area contributed by atoms with E-state index < -0.39 is 0 Å². The van der Waals surface area contributed by atoms with E-state index in [9.17, 15) is 4.39 Å². The maximum atomic E-state index is 12.7. The second-order valence-electron chi connectivity index (χ2n) is 4.63. The van der Waals surface area contributed by atoms with Crippen molar-refractivity contribution in [3.8, 4) is 0 Å². The molecular weight excluding hydrogens is 191 g/mol. The Morgan fingerprint density at radius 3 is 2.07 bits per heavy atom. The number of nitrogens with zero attached hydrogens (tertiary/aromatic N) is 1. The third-order valence-electron chi connectivity index (χ3n) is 2.26. The first-order valence-electron chi connectivity index (χ1n) is 4.90. The third kappa shape index (κ3) is 2.78. The van der Waals surface area contributed by atoms with Gasteiger partial charge in [-0.2, -0.15) is 0 Å². The molecule has 0 fully saturated rings. The fourth-order valence-corrected chi connectivity index (χ4v) is 1.30. The Bertz CT molecular complexity index is 349. The van der Waals surface area contributed by atoms with Gasteiger partial charge in [0.25, 0.3) is 0 Å². The van der Waals surface area contributed by atoms with Gasteiger partial charge in [-0.3, -0.25) is 5.41 Å². The van der Waals surface area contributed by atoms with Crippen LogP contribution in [0.5, 0.6) is 0 Å². The lowest BCUT2D eigenvalue weighted by atomic mass is 9.94. The van der Waals surface area contributed by atoms with Gasteiger partial charge in [-0.25, -0.2) is 4.39 Å². The fraction of sp³-hybridized carbons (Fsp3) is 0.417. The summed E-state index contributed by atoms with van der Waals surface area (Å²) in [5.74, 6) is 0.253. The maximum absolute atomic E-state index is 12.7. The second-order valence-corrected chi connectivity index (χ2v) is 4.63. The molecule has 0 saturated carbocycles. The lowest BCUT2D eigenvalue weighted by Gasteiger charge is -2.29. The predicted octanol–water partition coefficient (Wildman–Crippen LogP) is 3.29. The quantitative estimate of drug-likeness (QED) is 0.556. The van der Waals surface area contributed by atoms with Gasteiger partial charge in [-0.1, -0.05) is 20.8 Å². The topological polar surface area (TPSA) is 27.1 Å². The highest BCUT2D eigenvalue weighted by atomic mass is 19.1.